The molecule has 2 fully saturated rings. The maximum atomic E-state index is 10.1. The Morgan fingerprint density at radius 3 is 2.43 bits per heavy atom. The molecule has 120 valence electrons. The maximum absolute atomic E-state index is 10.1. The zero-order valence-corrected chi connectivity index (χ0v) is 11.5. The minimum Gasteiger partial charge on any atom is -0.392 e. The fourth-order valence-electron chi connectivity index (χ4n) is 3.68. The highest BCUT2D eigenvalue weighted by Crippen LogP contribution is 2.42. The molecule has 3 aliphatic rings. The van der Waals surface area contributed by atoms with Gasteiger partial charge in [-0.15, -0.1) is 0 Å². The standard InChI is InChI=1S/C13H21NO7/c1-4(16)7-9(18)11(20)13-14(7)6-2-5(3-15)8(17)10(19)12(6)21-13/h2,4,6-13,15-20H,3H2,1H3. The lowest BCUT2D eigenvalue weighted by atomic mass is 9.87. The summed E-state index contributed by atoms with van der Waals surface area (Å²) in [5, 5.41) is 59.3. The minimum absolute atomic E-state index is 0.258. The van der Waals surface area contributed by atoms with Gasteiger partial charge >= 0.3 is 0 Å². The summed E-state index contributed by atoms with van der Waals surface area (Å²) in [6, 6.07) is -1.29. The number of hydrogen-bond donors (Lipinski definition) is 6. The van der Waals surface area contributed by atoms with Gasteiger partial charge in [0.15, 0.2) is 0 Å². The SMILES string of the molecule is CC(O)C1C(O)C(O)C2OC3C(O)C(O)C(CO)=CC3N21. The van der Waals surface area contributed by atoms with E-state index in [0.717, 1.165) is 0 Å². The van der Waals surface area contributed by atoms with Crippen molar-refractivity contribution in [3.8, 4) is 0 Å². The molecule has 2 aliphatic heterocycles. The predicted molar refractivity (Wildman–Crippen MR) is 69.0 cm³/mol. The van der Waals surface area contributed by atoms with Crippen molar-refractivity contribution >= 4 is 0 Å². The summed E-state index contributed by atoms with van der Waals surface area (Å²) in [5.74, 6) is 0. The molecule has 0 amide bonds. The molecule has 0 aromatic rings. The molecular weight excluding hydrogens is 282 g/mol. The van der Waals surface area contributed by atoms with Crippen molar-refractivity contribution in [3.05, 3.63) is 11.6 Å². The Balaban J connectivity index is 1.98. The molecule has 3 rings (SSSR count). The van der Waals surface area contributed by atoms with Crippen LogP contribution in [-0.4, -0.2) is 97.1 Å². The van der Waals surface area contributed by atoms with Crippen molar-refractivity contribution in [1.29, 1.82) is 0 Å². The highest BCUT2D eigenvalue weighted by molar-refractivity contribution is 5.26. The quantitative estimate of drug-likeness (QED) is 0.290. The summed E-state index contributed by atoms with van der Waals surface area (Å²) in [6.45, 7) is 1.09. The Labute approximate surface area is 121 Å². The van der Waals surface area contributed by atoms with E-state index in [1.54, 1.807) is 11.0 Å². The lowest BCUT2D eigenvalue weighted by Crippen LogP contribution is -2.55. The Morgan fingerprint density at radius 2 is 1.86 bits per heavy atom. The van der Waals surface area contributed by atoms with Gasteiger partial charge in [0, 0.05) is 0 Å². The largest absolute Gasteiger partial charge is 0.392 e. The van der Waals surface area contributed by atoms with Crippen LogP contribution in [0, 0.1) is 0 Å². The second-order valence-electron chi connectivity index (χ2n) is 5.98. The van der Waals surface area contributed by atoms with Gasteiger partial charge in [-0.1, -0.05) is 6.08 Å². The Morgan fingerprint density at radius 1 is 1.19 bits per heavy atom. The molecule has 8 heteroatoms. The van der Waals surface area contributed by atoms with Gasteiger partial charge in [-0.05, 0) is 12.5 Å². The van der Waals surface area contributed by atoms with Crippen molar-refractivity contribution in [2.45, 2.75) is 61.9 Å². The van der Waals surface area contributed by atoms with Crippen molar-refractivity contribution in [3.63, 3.8) is 0 Å². The third-order valence-electron chi connectivity index (χ3n) is 4.71. The van der Waals surface area contributed by atoms with E-state index in [2.05, 4.69) is 0 Å². The zero-order chi connectivity index (χ0) is 15.5. The van der Waals surface area contributed by atoms with Gasteiger partial charge in [0.1, 0.15) is 36.7 Å². The fraction of sp³-hybridized carbons (Fsp3) is 0.846. The first-order chi connectivity index (χ1) is 9.88. The van der Waals surface area contributed by atoms with E-state index in [1.165, 1.54) is 6.92 Å². The van der Waals surface area contributed by atoms with E-state index in [1.807, 2.05) is 0 Å². The molecule has 0 bridgehead atoms. The number of aliphatic hydroxyl groups is 6. The number of rotatable bonds is 2. The topological polar surface area (TPSA) is 134 Å². The van der Waals surface area contributed by atoms with Gasteiger partial charge in [-0.3, -0.25) is 4.90 Å². The van der Waals surface area contributed by atoms with Crippen LogP contribution in [-0.2, 0) is 4.74 Å². The van der Waals surface area contributed by atoms with E-state index in [0.29, 0.717) is 0 Å². The van der Waals surface area contributed by atoms with Crippen LogP contribution in [0.1, 0.15) is 6.92 Å². The van der Waals surface area contributed by atoms with Gasteiger partial charge < -0.3 is 35.4 Å². The molecule has 0 saturated carbocycles. The van der Waals surface area contributed by atoms with Crippen LogP contribution < -0.4 is 0 Å². The molecule has 21 heavy (non-hydrogen) atoms. The second kappa shape index (κ2) is 5.25. The van der Waals surface area contributed by atoms with E-state index in [4.69, 9.17) is 4.74 Å². The Kier molecular flexibility index (Phi) is 3.83. The first kappa shape index (κ1) is 15.3. The van der Waals surface area contributed by atoms with Gasteiger partial charge in [-0.2, -0.15) is 0 Å². The van der Waals surface area contributed by atoms with Crippen LogP contribution in [0.4, 0.5) is 0 Å². The molecule has 2 heterocycles. The number of ether oxygens (including phenoxy) is 1. The average molecular weight is 303 g/mol. The average Bonchev–Trinajstić information content (AvgIpc) is 2.91. The molecule has 8 nitrogen and oxygen atoms in total. The van der Waals surface area contributed by atoms with Crippen LogP contribution in [0.5, 0.6) is 0 Å². The summed E-state index contributed by atoms with van der Waals surface area (Å²) >= 11 is 0. The summed E-state index contributed by atoms with van der Waals surface area (Å²) < 4.78 is 5.60. The van der Waals surface area contributed by atoms with Crippen LogP contribution in [0.3, 0.4) is 0 Å². The van der Waals surface area contributed by atoms with Crippen molar-refractivity contribution < 1.29 is 35.4 Å². The molecule has 1 aliphatic carbocycles. The summed E-state index contributed by atoms with van der Waals surface area (Å²) in [5.41, 5.74) is 0.258. The molecule has 0 aromatic carbocycles. The van der Waals surface area contributed by atoms with Crippen LogP contribution >= 0.6 is 0 Å². The molecule has 0 radical (unpaired) electrons. The highest BCUT2D eigenvalue weighted by atomic mass is 16.6. The van der Waals surface area contributed by atoms with Crippen LogP contribution in [0.15, 0.2) is 11.6 Å². The summed E-state index contributed by atoms with van der Waals surface area (Å²) in [6.07, 6.45) is -5.87. The van der Waals surface area contributed by atoms with Gasteiger partial charge in [0.25, 0.3) is 0 Å². The zero-order valence-electron chi connectivity index (χ0n) is 11.5. The highest BCUT2D eigenvalue weighted by Gasteiger charge is 2.61. The molecular formula is C13H21NO7. The molecule has 0 spiro atoms. The van der Waals surface area contributed by atoms with Crippen molar-refractivity contribution in [1.82, 2.24) is 4.90 Å². The van der Waals surface area contributed by atoms with Crippen molar-refractivity contribution in [2.24, 2.45) is 0 Å². The maximum Gasteiger partial charge on any atom is 0.141 e. The monoisotopic (exact) mass is 303 g/mol. The summed E-state index contributed by atoms with van der Waals surface area (Å²) in [4.78, 5) is 1.61. The smallest absolute Gasteiger partial charge is 0.141 e. The normalized spacial score (nSPS) is 51.5. The van der Waals surface area contributed by atoms with E-state index < -0.39 is 61.5 Å². The second-order valence-corrected chi connectivity index (χ2v) is 5.98. The molecule has 0 aromatic heterocycles. The molecule has 6 N–H and O–H groups in total. The molecule has 9 atom stereocenters. The van der Waals surface area contributed by atoms with Gasteiger partial charge in [0.05, 0.1) is 24.8 Å². The van der Waals surface area contributed by atoms with Gasteiger partial charge in [-0.25, -0.2) is 0 Å². The molecule has 9 unspecified atom stereocenters. The van der Waals surface area contributed by atoms with Gasteiger partial charge in [0.2, 0.25) is 0 Å². The van der Waals surface area contributed by atoms with Crippen molar-refractivity contribution in [2.75, 3.05) is 6.61 Å². The number of hydrogen-bond acceptors (Lipinski definition) is 8. The predicted octanol–water partition coefficient (Wildman–Crippen LogP) is -3.48. The Bertz CT molecular complexity index is 442. The third kappa shape index (κ3) is 2.07. The van der Waals surface area contributed by atoms with E-state index >= 15 is 0 Å². The lowest BCUT2D eigenvalue weighted by molar-refractivity contribution is -0.118. The molecule has 2 saturated heterocycles. The number of nitrogens with zero attached hydrogens (tertiary/aromatic N) is 1. The number of fused-ring (bicyclic) bond motifs is 3. The first-order valence-corrected chi connectivity index (χ1v) is 7.03. The number of aliphatic hydroxyl groups excluding tert-OH is 6. The van der Waals surface area contributed by atoms with E-state index in [9.17, 15) is 30.6 Å². The lowest BCUT2D eigenvalue weighted by Gasteiger charge is -2.37. The Hall–Kier alpha value is -0.580. The van der Waals surface area contributed by atoms with Crippen LogP contribution in [0.2, 0.25) is 0 Å². The van der Waals surface area contributed by atoms with Crippen LogP contribution in [0.25, 0.3) is 0 Å². The fourth-order valence-corrected chi connectivity index (χ4v) is 3.68. The third-order valence-corrected chi connectivity index (χ3v) is 4.71. The summed E-state index contributed by atoms with van der Waals surface area (Å²) in [7, 11) is 0. The minimum atomic E-state index is -1.24. The first-order valence-electron chi connectivity index (χ1n) is 7.03. The van der Waals surface area contributed by atoms with E-state index in [-0.39, 0.29) is 5.57 Å².